The highest BCUT2D eigenvalue weighted by molar-refractivity contribution is 9.10. The van der Waals surface area contributed by atoms with Crippen LogP contribution in [0.25, 0.3) is 0 Å². The molecule has 2 aliphatic rings. The number of hydrogen-bond donors (Lipinski definition) is 2. The van der Waals surface area contributed by atoms with Crippen LogP contribution < -0.4 is 25.1 Å². The number of nitrogens with zero attached hydrogens (tertiary/aromatic N) is 2. The molecule has 2 N–H and O–H groups in total. The van der Waals surface area contributed by atoms with Crippen LogP contribution in [0.2, 0.25) is 0 Å². The third-order valence-corrected chi connectivity index (χ3v) is 6.79. The van der Waals surface area contributed by atoms with Gasteiger partial charge < -0.3 is 24.0 Å². The summed E-state index contributed by atoms with van der Waals surface area (Å²) >= 11 is 3.45. The molecule has 2 aliphatic heterocycles. The monoisotopic (exact) mass is 532 g/mol. The van der Waals surface area contributed by atoms with Gasteiger partial charge >= 0.3 is 0 Å². The highest BCUT2D eigenvalue weighted by Crippen LogP contribution is 2.38. The van der Waals surface area contributed by atoms with Crippen LogP contribution >= 0.6 is 15.9 Å². The van der Waals surface area contributed by atoms with E-state index in [1.807, 2.05) is 29.2 Å². The molecule has 0 bridgehead atoms. The van der Waals surface area contributed by atoms with E-state index < -0.39 is 0 Å². The fourth-order valence-electron chi connectivity index (χ4n) is 4.37. The van der Waals surface area contributed by atoms with E-state index in [9.17, 15) is 9.59 Å². The quantitative estimate of drug-likeness (QED) is 0.589. The molecule has 2 atom stereocenters. The molecule has 2 saturated heterocycles. The Hall–Kier alpha value is -2.82. The second kappa shape index (κ2) is 10.6. The predicted octanol–water partition coefficient (Wildman–Crippen LogP) is 2.37. The molecule has 0 saturated carbocycles. The van der Waals surface area contributed by atoms with E-state index in [0.717, 1.165) is 10.0 Å². The third kappa shape index (κ3) is 4.98. The molecule has 2 unspecified atom stereocenters. The zero-order chi connectivity index (χ0) is 24.2. The van der Waals surface area contributed by atoms with E-state index in [2.05, 4.69) is 26.8 Å². The highest BCUT2D eigenvalue weighted by atomic mass is 79.9. The topological polar surface area (TPSA) is 92.4 Å². The van der Waals surface area contributed by atoms with Crippen molar-refractivity contribution in [3.63, 3.8) is 0 Å². The molecule has 0 aromatic heterocycles. The number of halogens is 1. The lowest BCUT2D eigenvalue weighted by molar-refractivity contribution is -0.134. The zero-order valence-corrected chi connectivity index (χ0v) is 21.1. The van der Waals surface area contributed by atoms with Gasteiger partial charge in [-0.25, -0.2) is 10.9 Å². The van der Waals surface area contributed by atoms with Crippen LogP contribution in [0.15, 0.2) is 40.9 Å². The molecular formula is C24H29BrN4O5. The first-order valence-corrected chi connectivity index (χ1v) is 11.9. The molecule has 4 rings (SSSR count). The Morgan fingerprint density at radius 2 is 1.47 bits per heavy atom. The molecule has 0 spiro atoms. The van der Waals surface area contributed by atoms with Crippen LogP contribution in [0.3, 0.4) is 0 Å². The molecule has 2 heterocycles. The third-order valence-electron chi connectivity index (χ3n) is 6.26. The number of amides is 2. The number of methoxy groups -OCH3 is 3. The second-order valence-electron chi connectivity index (χ2n) is 8.21. The summed E-state index contributed by atoms with van der Waals surface area (Å²) in [4.78, 5) is 29.8. The van der Waals surface area contributed by atoms with Crippen molar-refractivity contribution in [1.29, 1.82) is 0 Å². The molecule has 0 radical (unpaired) electrons. The van der Waals surface area contributed by atoms with Gasteiger partial charge in [0, 0.05) is 42.3 Å². The number of benzene rings is 2. The minimum absolute atomic E-state index is 0.0481. The van der Waals surface area contributed by atoms with Crippen LogP contribution in [0.4, 0.5) is 0 Å². The zero-order valence-electron chi connectivity index (χ0n) is 19.5. The van der Waals surface area contributed by atoms with Gasteiger partial charge in [-0.15, -0.1) is 0 Å². The number of ether oxygens (including phenoxy) is 3. The van der Waals surface area contributed by atoms with Gasteiger partial charge in [-0.1, -0.05) is 28.1 Å². The van der Waals surface area contributed by atoms with E-state index in [1.165, 1.54) is 21.3 Å². The van der Waals surface area contributed by atoms with E-state index in [4.69, 9.17) is 14.2 Å². The minimum atomic E-state index is -0.300. The van der Waals surface area contributed by atoms with Gasteiger partial charge in [0.05, 0.1) is 21.3 Å². The Bertz CT molecular complexity index is 1020. The van der Waals surface area contributed by atoms with Crippen molar-refractivity contribution in [2.75, 3.05) is 47.5 Å². The summed E-state index contributed by atoms with van der Waals surface area (Å²) in [5, 5.41) is 0. The maximum atomic E-state index is 13.1. The van der Waals surface area contributed by atoms with Crippen LogP contribution in [0.1, 0.15) is 28.4 Å². The van der Waals surface area contributed by atoms with Gasteiger partial charge in [-0.3, -0.25) is 9.59 Å². The van der Waals surface area contributed by atoms with E-state index in [0.29, 0.717) is 55.4 Å². The summed E-state index contributed by atoms with van der Waals surface area (Å²) in [6.45, 7) is 1.88. The van der Waals surface area contributed by atoms with Crippen LogP contribution in [-0.4, -0.2) is 75.2 Å². The van der Waals surface area contributed by atoms with Crippen LogP contribution in [0, 0.1) is 0 Å². The SMILES string of the molecule is COc1cc(C(=O)N2CCN(C(=O)C3CC(c4ccc(Br)cc4)NN3)CC2)cc(OC)c1OC. The molecule has 2 aromatic rings. The molecule has 34 heavy (non-hydrogen) atoms. The predicted molar refractivity (Wildman–Crippen MR) is 130 cm³/mol. The van der Waals surface area contributed by atoms with Crippen molar-refractivity contribution in [3.8, 4) is 17.2 Å². The van der Waals surface area contributed by atoms with Gasteiger partial charge in [-0.05, 0) is 36.2 Å². The summed E-state index contributed by atoms with van der Waals surface area (Å²) in [7, 11) is 4.56. The average Bonchev–Trinajstić information content (AvgIpc) is 3.37. The van der Waals surface area contributed by atoms with E-state index in [1.54, 1.807) is 17.0 Å². The van der Waals surface area contributed by atoms with Crippen molar-refractivity contribution in [2.24, 2.45) is 0 Å². The molecule has 2 amide bonds. The summed E-state index contributed by atoms with van der Waals surface area (Å²) in [6.07, 6.45) is 0.672. The van der Waals surface area contributed by atoms with Gasteiger partial charge in [-0.2, -0.15) is 0 Å². The molecule has 2 aromatic carbocycles. The lowest BCUT2D eigenvalue weighted by Gasteiger charge is -2.36. The van der Waals surface area contributed by atoms with Crippen LogP contribution in [0.5, 0.6) is 17.2 Å². The first kappa shape index (κ1) is 24.3. The molecule has 9 nitrogen and oxygen atoms in total. The number of carbonyl (C=O) groups is 2. The van der Waals surface area contributed by atoms with Gasteiger partial charge in [0.15, 0.2) is 11.5 Å². The highest BCUT2D eigenvalue weighted by Gasteiger charge is 2.35. The molecule has 182 valence electrons. The maximum absolute atomic E-state index is 13.1. The number of piperazine rings is 1. The molecular weight excluding hydrogens is 504 g/mol. The van der Waals surface area contributed by atoms with Gasteiger partial charge in [0.1, 0.15) is 6.04 Å². The van der Waals surface area contributed by atoms with Crippen molar-refractivity contribution in [2.45, 2.75) is 18.5 Å². The van der Waals surface area contributed by atoms with Crippen LogP contribution in [-0.2, 0) is 4.79 Å². The number of hydrazine groups is 1. The largest absolute Gasteiger partial charge is 0.493 e. The second-order valence-corrected chi connectivity index (χ2v) is 9.13. The molecule has 2 fully saturated rings. The van der Waals surface area contributed by atoms with Crippen molar-refractivity contribution >= 4 is 27.7 Å². The van der Waals surface area contributed by atoms with E-state index >= 15 is 0 Å². The average molecular weight is 533 g/mol. The maximum Gasteiger partial charge on any atom is 0.254 e. The molecule has 10 heteroatoms. The van der Waals surface area contributed by atoms with Gasteiger partial charge in [0.25, 0.3) is 5.91 Å². The lowest BCUT2D eigenvalue weighted by Crippen LogP contribution is -2.54. The Labute approximate surface area is 207 Å². The molecule has 0 aliphatic carbocycles. The minimum Gasteiger partial charge on any atom is -0.493 e. The Kier molecular flexibility index (Phi) is 7.60. The normalized spacial score (nSPS) is 20.2. The number of nitrogens with one attached hydrogen (secondary N) is 2. The lowest BCUT2D eigenvalue weighted by atomic mass is 10.0. The number of rotatable bonds is 6. The summed E-state index contributed by atoms with van der Waals surface area (Å²) in [6, 6.07) is 11.2. The fraction of sp³-hybridized carbons (Fsp3) is 0.417. The Morgan fingerprint density at radius 1 is 0.882 bits per heavy atom. The van der Waals surface area contributed by atoms with Gasteiger partial charge in [0.2, 0.25) is 11.7 Å². The Morgan fingerprint density at radius 3 is 2.03 bits per heavy atom. The first-order chi connectivity index (χ1) is 16.4. The van der Waals surface area contributed by atoms with Crippen molar-refractivity contribution in [3.05, 3.63) is 52.0 Å². The first-order valence-electron chi connectivity index (χ1n) is 11.1. The standard InChI is InChI=1S/C24H29BrN4O5/c1-32-20-12-16(13-21(33-2)22(20)34-3)23(30)28-8-10-29(11-9-28)24(31)19-14-18(26-27-19)15-4-6-17(25)7-5-15/h4-7,12-13,18-19,26-27H,8-11,14H2,1-3H3. The van der Waals surface area contributed by atoms with Crippen molar-refractivity contribution in [1.82, 2.24) is 20.7 Å². The Balaban J connectivity index is 1.35. The van der Waals surface area contributed by atoms with E-state index in [-0.39, 0.29) is 23.9 Å². The smallest absolute Gasteiger partial charge is 0.254 e. The summed E-state index contributed by atoms with van der Waals surface area (Å²) in [5.74, 6) is 1.21. The summed E-state index contributed by atoms with van der Waals surface area (Å²) < 4.78 is 17.1. The number of carbonyl (C=O) groups excluding carboxylic acids is 2. The number of hydrogen-bond acceptors (Lipinski definition) is 7. The van der Waals surface area contributed by atoms with Crippen molar-refractivity contribution < 1.29 is 23.8 Å². The fourth-order valence-corrected chi connectivity index (χ4v) is 4.63. The summed E-state index contributed by atoms with van der Waals surface area (Å²) in [5.41, 5.74) is 7.95.